The highest BCUT2D eigenvalue weighted by molar-refractivity contribution is 14.0. The summed E-state index contributed by atoms with van der Waals surface area (Å²) in [6.45, 7) is 3.59. The number of likely N-dealkylation sites (tertiary alicyclic amines) is 1. The van der Waals surface area contributed by atoms with Gasteiger partial charge in [0.05, 0.1) is 11.9 Å². The van der Waals surface area contributed by atoms with Crippen LogP contribution in [0.3, 0.4) is 0 Å². The first-order valence-electron chi connectivity index (χ1n) is 10.1. The third kappa shape index (κ3) is 7.01. The topological polar surface area (TPSA) is 83.0 Å². The van der Waals surface area contributed by atoms with E-state index in [1.165, 1.54) is 25.7 Å². The predicted octanol–water partition coefficient (Wildman–Crippen LogP) is 1.79. The van der Waals surface area contributed by atoms with Crippen molar-refractivity contribution >= 4 is 40.0 Å². The van der Waals surface area contributed by atoms with Crippen molar-refractivity contribution in [3.63, 3.8) is 0 Å². The van der Waals surface area contributed by atoms with Crippen molar-refractivity contribution < 1.29 is 13.2 Å². The second kappa shape index (κ2) is 11.2. The maximum absolute atomic E-state index is 12.2. The highest BCUT2D eigenvalue weighted by Gasteiger charge is 2.35. The van der Waals surface area contributed by atoms with Gasteiger partial charge in [-0.05, 0) is 43.9 Å². The summed E-state index contributed by atoms with van der Waals surface area (Å²) < 4.78 is 32.7. The Balaban J connectivity index is 0.00000261. The molecule has 2 saturated heterocycles. The molecule has 1 aliphatic carbocycles. The molecule has 2 aliphatic heterocycles. The quantitative estimate of drug-likeness (QED) is 0.321. The molecule has 2 heterocycles. The zero-order chi connectivity index (χ0) is 18.4. The minimum absolute atomic E-state index is 0. The minimum atomic E-state index is -3.30. The minimum Gasteiger partial charge on any atom is -0.377 e. The summed E-state index contributed by atoms with van der Waals surface area (Å²) in [5, 5.41) is 3.24. The SMILES string of the molecule is CN=C(NCCS(=O)(=O)NCC1CCCCO1)N1CC2CCCCC2C1.I. The number of halogens is 1. The van der Waals surface area contributed by atoms with Gasteiger partial charge in [0.25, 0.3) is 0 Å². The molecule has 158 valence electrons. The summed E-state index contributed by atoms with van der Waals surface area (Å²) in [6, 6.07) is 0. The molecule has 3 unspecified atom stereocenters. The van der Waals surface area contributed by atoms with Gasteiger partial charge < -0.3 is 15.0 Å². The Hall–Kier alpha value is -0.130. The van der Waals surface area contributed by atoms with E-state index >= 15 is 0 Å². The van der Waals surface area contributed by atoms with Crippen LogP contribution in [0.5, 0.6) is 0 Å². The van der Waals surface area contributed by atoms with E-state index in [1.807, 2.05) is 0 Å². The van der Waals surface area contributed by atoms with Crippen LogP contribution >= 0.6 is 24.0 Å². The molecule has 3 rings (SSSR count). The molecule has 2 N–H and O–H groups in total. The number of hydrogen-bond donors (Lipinski definition) is 2. The van der Waals surface area contributed by atoms with Crippen molar-refractivity contribution in [3.8, 4) is 0 Å². The summed E-state index contributed by atoms with van der Waals surface area (Å²) in [7, 11) is -1.52. The van der Waals surface area contributed by atoms with Gasteiger partial charge >= 0.3 is 0 Å². The lowest BCUT2D eigenvalue weighted by atomic mass is 9.82. The second-order valence-corrected chi connectivity index (χ2v) is 9.77. The zero-order valence-corrected chi connectivity index (χ0v) is 19.5. The van der Waals surface area contributed by atoms with E-state index in [-0.39, 0.29) is 35.8 Å². The Bertz CT molecular complexity index is 567. The van der Waals surface area contributed by atoms with Crippen molar-refractivity contribution in [1.29, 1.82) is 0 Å². The molecule has 0 aromatic heterocycles. The Morgan fingerprint density at radius 3 is 2.37 bits per heavy atom. The number of guanidine groups is 1. The molecule has 3 fully saturated rings. The van der Waals surface area contributed by atoms with Crippen molar-refractivity contribution in [3.05, 3.63) is 0 Å². The standard InChI is InChI=1S/C18H34N4O3S.HI/c1-19-18(22-13-15-6-2-3-7-16(15)14-22)20-9-11-26(23,24)21-12-17-8-4-5-10-25-17;/h15-17,21H,2-14H2,1H3,(H,19,20);1H. The first-order chi connectivity index (χ1) is 12.6. The molecular weight excluding hydrogens is 479 g/mol. The number of fused-ring (bicyclic) bond motifs is 1. The smallest absolute Gasteiger partial charge is 0.213 e. The highest BCUT2D eigenvalue weighted by atomic mass is 127. The van der Waals surface area contributed by atoms with Crippen LogP contribution in [0.4, 0.5) is 0 Å². The number of rotatable bonds is 6. The molecule has 0 bridgehead atoms. The third-order valence-electron chi connectivity index (χ3n) is 5.95. The molecule has 1 saturated carbocycles. The molecule has 9 heteroatoms. The van der Waals surface area contributed by atoms with Gasteiger partial charge in [-0.25, -0.2) is 13.1 Å². The molecule has 0 aromatic carbocycles. The normalized spacial score (nSPS) is 29.1. The van der Waals surface area contributed by atoms with E-state index in [9.17, 15) is 8.42 Å². The Morgan fingerprint density at radius 2 is 1.78 bits per heavy atom. The lowest BCUT2D eigenvalue weighted by Crippen LogP contribution is -2.44. The Morgan fingerprint density at radius 1 is 1.11 bits per heavy atom. The largest absolute Gasteiger partial charge is 0.377 e. The van der Waals surface area contributed by atoms with Crippen LogP contribution in [0.2, 0.25) is 0 Å². The van der Waals surface area contributed by atoms with E-state index in [0.29, 0.717) is 13.1 Å². The van der Waals surface area contributed by atoms with Crippen molar-refractivity contribution in [2.45, 2.75) is 51.0 Å². The lowest BCUT2D eigenvalue weighted by molar-refractivity contribution is 0.0200. The number of ether oxygens (including phenoxy) is 1. The van der Waals surface area contributed by atoms with Crippen LogP contribution in [0.15, 0.2) is 4.99 Å². The third-order valence-corrected chi connectivity index (χ3v) is 7.29. The highest BCUT2D eigenvalue weighted by Crippen LogP contribution is 2.35. The van der Waals surface area contributed by atoms with E-state index in [1.54, 1.807) is 7.05 Å². The number of nitrogens with one attached hydrogen (secondary N) is 2. The number of nitrogens with zero attached hydrogens (tertiary/aromatic N) is 2. The summed E-state index contributed by atoms with van der Waals surface area (Å²) >= 11 is 0. The second-order valence-electron chi connectivity index (χ2n) is 7.84. The summed E-state index contributed by atoms with van der Waals surface area (Å²) in [6.07, 6.45) is 8.47. The fourth-order valence-electron chi connectivity index (χ4n) is 4.47. The predicted molar refractivity (Wildman–Crippen MR) is 119 cm³/mol. The monoisotopic (exact) mass is 514 g/mol. The Kier molecular flexibility index (Phi) is 9.57. The summed E-state index contributed by atoms with van der Waals surface area (Å²) in [5.41, 5.74) is 0. The number of sulfonamides is 1. The van der Waals surface area contributed by atoms with Crippen molar-refractivity contribution in [2.24, 2.45) is 16.8 Å². The van der Waals surface area contributed by atoms with Crippen molar-refractivity contribution in [1.82, 2.24) is 14.9 Å². The first-order valence-corrected chi connectivity index (χ1v) is 11.8. The maximum Gasteiger partial charge on any atom is 0.213 e. The van der Waals surface area contributed by atoms with Crippen LogP contribution in [0.1, 0.15) is 44.9 Å². The van der Waals surface area contributed by atoms with E-state index in [4.69, 9.17) is 4.74 Å². The van der Waals surface area contributed by atoms with Gasteiger partial charge in [0, 0.05) is 39.8 Å². The van der Waals surface area contributed by atoms with Crippen LogP contribution < -0.4 is 10.0 Å². The van der Waals surface area contributed by atoms with Crippen LogP contribution in [0, 0.1) is 11.8 Å². The van der Waals surface area contributed by atoms with E-state index < -0.39 is 10.0 Å². The average molecular weight is 514 g/mol. The maximum atomic E-state index is 12.2. The zero-order valence-electron chi connectivity index (χ0n) is 16.4. The molecule has 0 aromatic rings. The van der Waals surface area contributed by atoms with E-state index in [0.717, 1.165) is 56.8 Å². The van der Waals surface area contributed by atoms with Gasteiger partial charge in [-0.2, -0.15) is 0 Å². The van der Waals surface area contributed by atoms with Crippen LogP contribution in [-0.2, 0) is 14.8 Å². The molecular formula is C18H35IN4O3S. The van der Waals surface area contributed by atoms with Crippen LogP contribution in [-0.4, -0.2) is 71.0 Å². The average Bonchev–Trinajstić information content (AvgIpc) is 3.08. The fraction of sp³-hybridized carbons (Fsp3) is 0.944. The molecule has 0 spiro atoms. The van der Waals surface area contributed by atoms with Gasteiger partial charge in [0.1, 0.15) is 0 Å². The molecule has 7 nitrogen and oxygen atoms in total. The molecule has 0 amide bonds. The van der Waals surface area contributed by atoms with Gasteiger partial charge in [0.15, 0.2) is 5.96 Å². The lowest BCUT2D eigenvalue weighted by Gasteiger charge is -2.23. The number of aliphatic imine (C=N–C) groups is 1. The van der Waals surface area contributed by atoms with Gasteiger partial charge in [-0.15, -0.1) is 24.0 Å². The fourth-order valence-corrected chi connectivity index (χ4v) is 5.42. The van der Waals surface area contributed by atoms with Gasteiger partial charge in [-0.3, -0.25) is 4.99 Å². The summed E-state index contributed by atoms with van der Waals surface area (Å²) in [5.74, 6) is 2.45. The molecule has 27 heavy (non-hydrogen) atoms. The molecule has 0 radical (unpaired) electrons. The van der Waals surface area contributed by atoms with Gasteiger partial charge in [-0.1, -0.05) is 12.8 Å². The van der Waals surface area contributed by atoms with Crippen LogP contribution in [0.25, 0.3) is 0 Å². The number of hydrogen-bond acceptors (Lipinski definition) is 4. The molecule has 3 atom stereocenters. The molecule has 3 aliphatic rings. The van der Waals surface area contributed by atoms with Gasteiger partial charge in [0.2, 0.25) is 10.0 Å². The van der Waals surface area contributed by atoms with Crippen molar-refractivity contribution in [2.75, 3.05) is 45.6 Å². The first kappa shape index (κ1) is 23.2. The Labute approximate surface area is 181 Å². The van der Waals surface area contributed by atoms with E-state index in [2.05, 4.69) is 19.9 Å². The summed E-state index contributed by atoms with van der Waals surface area (Å²) in [4.78, 5) is 6.67.